The van der Waals surface area contributed by atoms with Gasteiger partial charge in [-0.2, -0.15) is 5.26 Å². The Morgan fingerprint density at radius 2 is 1.90 bits per heavy atom. The molecular formula is C23H24F2N4O. The number of halogens is 2. The van der Waals surface area contributed by atoms with Gasteiger partial charge in [-0.25, -0.2) is 8.78 Å². The van der Waals surface area contributed by atoms with E-state index in [4.69, 9.17) is 5.26 Å². The molecule has 2 saturated heterocycles. The van der Waals surface area contributed by atoms with Gasteiger partial charge < -0.3 is 10.2 Å². The van der Waals surface area contributed by atoms with Gasteiger partial charge in [-0.05, 0) is 18.1 Å². The molecule has 2 heterocycles. The Kier molecular flexibility index (Phi) is 5.69. The summed E-state index contributed by atoms with van der Waals surface area (Å²) in [6.07, 6.45) is 0.282. The molecule has 0 aromatic heterocycles. The molecule has 5 nitrogen and oxygen atoms in total. The number of nitriles is 1. The van der Waals surface area contributed by atoms with E-state index in [1.807, 2.05) is 47.4 Å². The first-order chi connectivity index (χ1) is 14.4. The van der Waals surface area contributed by atoms with Gasteiger partial charge in [-0.15, -0.1) is 0 Å². The Labute approximate surface area is 174 Å². The van der Waals surface area contributed by atoms with Crippen molar-refractivity contribution < 1.29 is 13.6 Å². The maximum atomic E-state index is 13.6. The Morgan fingerprint density at radius 1 is 1.17 bits per heavy atom. The van der Waals surface area contributed by atoms with E-state index in [2.05, 4.69) is 23.5 Å². The molecule has 1 unspecified atom stereocenters. The second-order valence-electron chi connectivity index (χ2n) is 8.00. The fourth-order valence-electron chi connectivity index (χ4n) is 4.27. The maximum Gasteiger partial charge on any atom is 0.268 e. The number of hydrogen-bond acceptors (Lipinski definition) is 4. The van der Waals surface area contributed by atoms with Gasteiger partial charge >= 0.3 is 0 Å². The number of rotatable bonds is 5. The second-order valence-corrected chi connectivity index (χ2v) is 8.00. The molecule has 156 valence electrons. The summed E-state index contributed by atoms with van der Waals surface area (Å²) >= 11 is 0. The third-order valence-corrected chi connectivity index (χ3v) is 5.74. The lowest BCUT2D eigenvalue weighted by Gasteiger charge is -2.23. The topological polar surface area (TPSA) is 59.4 Å². The Morgan fingerprint density at radius 3 is 2.67 bits per heavy atom. The Balaban J connectivity index is 1.37. The van der Waals surface area contributed by atoms with Crippen molar-refractivity contribution in [3.05, 3.63) is 54.6 Å². The van der Waals surface area contributed by atoms with Crippen LogP contribution in [0.15, 0.2) is 54.6 Å². The zero-order valence-electron chi connectivity index (χ0n) is 16.6. The number of carbonyl (C=O) groups is 1. The zero-order valence-corrected chi connectivity index (χ0v) is 16.6. The standard InChI is InChI=1S/C23H24F2N4O/c24-23(25)12-19(13-26)29(16-23)22(30)15-28-11-10-18(14-28)27-21-9-5-4-8-20(21)17-6-2-1-3-7-17/h1-9,18-19,27H,10-12,14-16H2/t18-,19?/m0/s1. The molecule has 2 aliphatic rings. The smallest absolute Gasteiger partial charge is 0.268 e. The Hall–Kier alpha value is -2.98. The first-order valence-electron chi connectivity index (χ1n) is 10.2. The summed E-state index contributed by atoms with van der Waals surface area (Å²) in [5.41, 5.74) is 3.28. The molecule has 1 N–H and O–H groups in total. The summed E-state index contributed by atoms with van der Waals surface area (Å²) in [6, 6.07) is 19.2. The summed E-state index contributed by atoms with van der Waals surface area (Å²) < 4.78 is 27.2. The van der Waals surface area contributed by atoms with Crippen LogP contribution >= 0.6 is 0 Å². The number of alkyl halides is 2. The molecule has 2 atom stereocenters. The van der Waals surface area contributed by atoms with Crippen LogP contribution in [0.3, 0.4) is 0 Å². The molecule has 2 aliphatic heterocycles. The van der Waals surface area contributed by atoms with Crippen LogP contribution in [0.4, 0.5) is 14.5 Å². The van der Waals surface area contributed by atoms with Crippen LogP contribution in [0.2, 0.25) is 0 Å². The number of anilines is 1. The minimum atomic E-state index is -2.98. The summed E-state index contributed by atoms with van der Waals surface area (Å²) in [5.74, 6) is -3.38. The van der Waals surface area contributed by atoms with Crippen LogP contribution in [0.5, 0.6) is 0 Å². The molecular weight excluding hydrogens is 386 g/mol. The van der Waals surface area contributed by atoms with Crippen molar-refractivity contribution in [1.82, 2.24) is 9.80 Å². The van der Waals surface area contributed by atoms with Gasteiger partial charge in [0.1, 0.15) is 6.04 Å². The largest absolute Gasteiger partial charge is 0.380 e. The van der Waals surface area contributed by atoms with Gasteiger partial charge in [0.05, 0.1) is 19.2 Å². The number of hydrogen-bond donors (Lipinski definition) is 1. The molecule has 0 spiro atoms. The highest BCUT2D eigenvalue weighted by Gasteiger charge is 2.47. The minimum Gasteiger partial charge on any atom is -0.380 e. The first-order valence-corrected chi connectivity index (χ1v) is 10.2. The van der Waals surface area contributed by atoms with Gasteiger partial charge in [-0.1, -0.05) is 48.5 Å². The SMILES string of the molecule is N#CC1CC(F)(F)CN1C(=O)CN1CC[C@H](Nc2ccccc2-c2ccccc2)C1. The highest BCUT2D eigenvalue weighted by atomic mass is 19.3. The lowest BCUT2D eigenvalue weighted by atomic mass is 10.0. The average molecular weight is 410 g/mol. The summed E-state index contributed by atoms with van der Waals surface area (Å²) in [7, 11) is 0. The predicted molar refractivity (Wildman–Crippen MR) is 111 cm³/mol. The molecule has 7 heteroatoms. The number of nitrogens with zero attached hydrogens (tertiary/aromatic N) is 3. The molecule has 0 radical (unpaired) electrons. The molecule has 1 amide bonds. The lowest BCUT2D eigenvalue weighted by molar-refractivity contribution is -0.133. The van der Waals surface area contributed by atoms with Crippen LogP contribution in [0.1, 0.15) is 12.8 Å². The summed E-state index contributed by atoms with van der Waals surface area (Å²) in [5, 5.41) is 12.7. The summed E-state index contributed by atoms with van der Waals surface area (Å²) in [4.78, 5) is 15.5. The number of nitrogens with one attached hydrogen (secondary N) is 1. The molecule has 2 fully saturated rings. The van der Waals surface area contributed by atoms with E-state index in [-0.39, 0.29) is 12.6 Å². The van der Waals surface area contributed by atoms with Crippen molar-refractivity contribution in [3.8, 4) is 17.2 Å². The van der Waals surface area contributed by atoms with Crippen LogP contribution in [0.25, 0.3) is 11.1 Å². The number of amides is 1. The van der Waals surface area contributed by atoms with E-state index in [1.54, 1.807) is 0 Å². The normalized spacial score (nSPS) is 23.3. The van der Waals surface area contributed by atoms with Crippen LogP contribution in [-0.2, 0) is 4.79 Å². The van der Waals surface area contributed by atoms with Crippen molar-refractivity contribution in [3.63, 3.8) is 0 Å². The van der Waals surface area contributed by atoms with Gasteiger partial charge in [0.15, 0.2) is 0 Å². The van der Waals surface area contributed by atoms with Crippen LogP contribution in [-0.4, -0.2) is 59.9 Å². The zero-order chi connectivity index (χ0) is 21.1. The van der Waals surface area contributed by atoms with E-state index in [0.717, 1.165) is 28.1 Å². The number of para-hydroxylation sites is 1. The van der Waals surface area contributed by atoms with Crippen molar-refractivity contribution in [2.45, 2.75) is 30.8 Å². The maximum absolute atomic E-state index is 13.6. The molecule has 0 bridgehead atoms. The van der Waals surface area contributed by atoms with E-state index in [1.165, 1.54) is 0 Å². The fraction of sp³-hybridized carbons (Fsp3) is 0.391. The van der Waals surface area contributed by atoms with Gasteiger partial charge in [0.2, 0.25) is 5.91 Å². The predicted octanol–water partition coefficient (Wildman–Crippen LogP) is 3.60. The molecule has 2 aromatic carbocycles. The van der Waals surface area contributed by atoms with E-state index in [9.17, 15) is 13.6 Å². The van der Waals surface area contributed by atoms with Crippen molar-refractivity contribution >= 4 is 11.6 Å². The van der Waals surface area contributed by atoms with E-state index >= 15 is 0 Å². The highest BCUT2D eigenvalue weighted by Crippen LogP contribution is 2.32. The minimum absolute atomic E-state index is 0.0623. The van der Waals surface area contributed by atoms with E-state index in [0.29, 0.717) is 13.1 Å². The Bertz CT molecular complexity index is 944. The van der Waals surface area contributed by atoms with Gasteiger partial charge in [0.25, 0.3) is 5.92 Å². The third kappa shape index (κ3) is 4.44. The van der Waals surface area contributed by atoms with Crippen LogP contribution < -0.4 is 5.32 Å². The third-order valence-electron chi connectivity index (χ3n) is 5.74. The number of likely N-dealkylation sites (tertiary alicyclic amines) is 2. The molecule has 0 aliphatic carbocycles. The summed E-state index contributed by atoms with van der Waals surface area (Å²) in [6.45, 7) is 0.755. The molecule has 0 saturated carbocycles. The van der Waals surface area contributed by atoms with Gasteiger partial charge in [0, 0.05) is 36.8 Å². The quantitative estimate of drug-likeness (QED) is 0.818. The highest BCUT2D eigenvalue weighted by molar-refractivity contribution is 5.80. The molecule has 30 heavy (non-hydrogen) atoms. The average Bonchev–Trinajstić information content (AvgIpc) is 3.31. The van der Waals surface area contributed by atoms with Crippen LogP contribution in [0, 0.1) is 11.3 Å². The second kappa shape index (κ2) is 8.41. The van der Waals surface area contributed by atoms with Crippen molar-refractivity contribution in [2.24, 2.45) is 0 Å². The molecule has 2 aromatic rings. The lowest BCUT2D eigenvalue weighted by Crippen LogP contribution is -2.43. The first kappa shape index (κ1) is 20.3. The monoisotopic (exact) mass is 410 g/mol. The molecule has 4 rings (SSSR count). The van der Waals surface area contributed by atoms with Gasteiger partial charge in [-0.3, -0.25) is 9.69 Å². The number of carbonyl (C=O) groups excluding carboxylic acids is 1. The number of benzene rings is 2. The fourth-order valence-corrected chi connectivity index (χ4v) is 4.27. The van der Waals surface area contributed by atoms with Crippen molar-refractivity contribution in [2.75, 3.05) is 31.5 Å². The van der Waals surface area contributed by atoms with Crippen molar-refractivity contribution in [1.29, 1.82) is 5.26 Å². The van der Waals surface area contributed by atoms with E-state index < -0.39 is 30.8 Å².